The number of hydrogen-bond donors (Lipinski definition) is 2. The van der Waals surface area contributed by atoms with Crippen molar-refractivity contribution < 1.29 is 29.0 Å². The van der Waals surface area contributed by atoms with Crippen LogP contribution in [0.4, 0.5) is 11.4 Å². The molecule has 4 aromatic rings. The molecule has 2 aliphatic heterocycles. The van der Waals surface area contributed by atoms with Crippen LogP contribution in [-0.4, -0.2) is 90.6 Å². The number of aliphatic hydroxyl groups is 1. The second-order valence-electron chi connectivity index (χ2n) is 12.7. The van der Waals surface area contributed by atoms with Gasteiger partial charge in [0.2, 0.25) is 0 Å². The lowest BCUT2D eigenvalue weighted by Gasteiger charge is -2.27. The number of aliphatic hydroxyl groups excluding tert-OH is 1. The Labute approximate surface area is 295 Å². The summed E-state index contributed by atoms with van der Waals surface area (Å²) >= 11 is 0. The summed E-state index contributed by atoms with van der Waals surface area (Å²) in [5.41, 5.74) is 6.06. The van der Waals surface area contributed by atoms with E-state index in [9.17, 15) is 10.1 Å². The minimum atomic E-state index is -0.432. The first-order chi connectivity index (χ1) is 24.2. The van der Waals surface area contributed by atoms with E-state index in [1.807, 2.05) is 91.9 Å². The molecule has 0 spiro atoms. The van der Waals surface area contributed by atoms with Gasteiger partial charge in [-0.05, 0) is 56.3 Å². The Hall–Kier alpha value is -4.84. The zero-order chi connectivity index (χ0) is 35.8. The molecule has 2 atom stereocenters. The van der Waals surface area contributed by atoms with Crippen LogP contribution in [-0.2, 0) is 0 Å². The molecule has 2 unspecified atom stereocenters. The van der Waals surface area contributed by atoms with E-state index in [0.717, 1.165) is 76.5 Å². The molecule has 0 bridgehead atoms. The van der Waals surface area contributed by atoms with Crippen molar-refractivity contribution in [3.63, 3.8) is 0 Å². The Kier molecular flexibility index (Phi) is 14.3. The topological polar surface area (TPSA) is 133 Å². The van der Waals surface area contributed by atoms with Crippen molar-refractivity contribution in [3.05, 3.63) is 119 Å². The number of anilines is 1. The molecule has 0 amide bonds. The second kappa shape index (κ2) is 18.8. The van der Waals surface area contributed by atoms with Gasteiger partial charge in [-0.2, -0.15) is 0 Å². The number of nitrogen functional groups attached to an aromatic ring is 1. The van der Waals surface area contributed by atoms with Crippen LogP contribution in [0.5, 0.6) is 23.0 Å². The lowest BCUT2D eigenvalue weighted by molar-refractivity contribution is -0.386. The zero-order valence-electron chi connectivity index (χ0n) is 29.3. The van der Waals surface area contributed by atoms with E-state index < -0.39 is 10.5 Å². The maximum atomic E-state index is 11.1. The fraction of sp³-hybridized carbons (Fsp3) is 0.385. The molecule has 3 N–H and O–H groups in total. The SMILES string of the molecule is CC1(Oc2ccccc2N)CCN(CCOc2ccccc2)C1.CC1(Oc2ccccc2[N+](=O)[O-])CCN(CCOc2ccccc2)C1.CO. The predicted molar refractivity (Wildman–Crippen MR) is 196 cm³/mol. The van der Waals surface area contributed by atoms with E-state index >= 15 is 0 Å². The highest BCUT2D eigenvalue weighted by atomic mass is 16.6. The lowest BCUT2D eigenvalue weighted by Crippen LogP contribution is -2.37. The molecule has 0 aliphatic carbocycles. The largest absolute Gasteiger partial charge is 0.492 e. The highest BCUT2D eigenvalue weighted by molar-refractivity contribution is 5.52. The molecule has 2 aliphatic rings. The quantitative estimate of drug-likeness (QED) is 0.0936. The molecule has 0 saturated carbocycles. The summed E-state index contributed by atoms with van der Waals surface area (Å²) in [5.74, 6) is 2.89. The van der Waals surface area contributed by atoms with E-state index in [1.54, 1.807) is 18.2 Å². The number of para-hydroxylation sites is 6. The summed E-state index contributed by atoms with van der Waals surface area (Å²) in [6.07, 6.45) is 1.82. The van der Waals surface area contributed by atoms with E-state index in [-0.39, 0.29) is 11.3 Å². The predicted octanol–water partition coefficient (Wildman–Crippen LogP) is 6.32. The van der Waals surface area contributed by atoms with Crippen molar-refractivity contribution >= 4 is 11.4 Å². The number of nitrogens with two attached hydrogens (primary N) is 1. The fourth-order valence-corrected chi connectivity index (χ4v) is 6.02. The smallest absolute Gasteiger partial charge is 0.310 e. The van der Waals surface area contributed by atoms with E-state index in [0.29, 0.717) is 24.7 Å². The van der Waals surface area contributed by atoms with Gasteiger partial charge in [0.1, 0.15) is 41.7 Å². The Bertz CT molecular complexity index is 1600. The van der Waals surface area contributed by atoms with Crippen molar-refractivity contribution in [3.8, 4) is 23.0 Å². The monoisotopic (exact) mass is 686 g/mol. The summed E-state index contributed by atoms with van der Waals surface area (Å²) in [4.78, 5) is 15.4. The molecule has 0 radical (unpaired) electrons. The van der Waals surface area contributed by atoms with Crippen molar-refractivity contribution in [2.45, 2.75) is 37.9 Å². The van der Waals surface area contributed by atoms with Gasteiger partial charge in [-0.15, -0.1) is 0 Å². The number of hydrogen-bond acceptors (Lipinski definition) is 10. The molecular formula is C39H50N4O7. The van der Waals surface area contributed by atoms with Gasteiger partial charge in [0.25, 0.3) is 0 Å². The first-order valence-corrected chi connectivity index (χ1v) is 16.9. The number of nitro groups is 1. The third kappa shape index (κ3) is 11.6. The average molecular weight is 687 g/mol. The van der Waals surface area contributed by atoms with E-state index in [1.165, 1.54) is 6.07 Å². The third-order valence-electron chi connectivity index (χ3n) is 8.56. The van der Waals surface area contributed by atoms with E-state index in [2.05, 4.69) is 16.7 Å². The number of benzene rings is 4. The van der Waals surface area contributed by atoms with Gasteiger partial charge in [-0.25, -0.2) is 0 Å². The highest BCUT2D eigenvalue weighted by Gasteiger charge is 2.37. The summed E-state index contributed by atoms with van der Waals surface area (Å²) in [7, 11) is 1.00. The molecule has 0 aromatic heterocycles. The first-order valence-electron chi connectivity index (χ1n) is 16.9. The second-order valence-corrected chi connectivity index (χ2v) is 12.7. The number of nitrogens with zero attached hydrogens (tertiary/aromatic N) is 3. The van der Waals surface area contributed by atoms with Crippen molar-refractivity contribution in [2.24, 2.45) is 0 Å². The lowest BCUT2D eigenvalue weighted by atomic mass is 10.1. The normalized spacial score (nSPS) is 20.1. The summed E-state index contributed by atoms with van der Waals surface area (Å²) in [5, 5.41) is 18.1. The van der Waals surface area contributed by atoms with Crippen LogP contribution in [0.1, 0.15) is 26.7 Å². The van der Waals surface area contributed by atoms with Crippen molar-refractivity contribution in [1.29, 1.82) is 0 Å². The molecule has 4 aromatic carbocycles. The molecule has 6 rings (SSSR count). The molecule has 268 valence electrons. The van der Waals surface area contributed by atoms with Crippen LogP contribution >= 0.6 is 0 Å². The molecule has 2 fully saturated rings. The van der Waals surface area contributed by atoms with Gasteiger partial charge in [0.15, 0.2) is 5.75 Å². The third-order valence-corrected chi connectivity index (χ3v) is 8.56. The van der Waals surface area contributed by atoms with Gasteiger partial charge >= 0.3 is 5.69 Å². The van der Waals surface area contributed by atoms with Crippen LogP contribution in [0.3, 0.4) is 0 Å². The maximum Gasteiger partial charge on any atom is 0.310 e. The Morgan fingerprint density at radius 3 is 1.58 bits per heavy atom. The van der Waals surface area contributed by atoms with Gasteiger partial charge in [0.05, 0.1) is 10.6 Å². The van der Waals surface area contributed by atoms with Crippen molar-refractivity contribution in [2.75, 3.05) is 65.3 Å². The molecule has 50 heavy (non-hydrogen) atoms. The van der Waals surface area contributed by atoms with Gasteiger partial charge in [-0.1, -0.05) is 60.7 Å². The van der Waals surface area contributed by atoms with Crippen molar-refractivity contribution in [1.82, 2.24) is 9.80 Å². The molecule has 2 saturated heterocycles. The molecule has 11 nitrogen and oxygen atoms in total. The minimum absolute atomic E-state index is 0.00888. The minimum Gasteiger partial charge on any atom is -0.492 e. The maximum absolute atomic E-state index is 11.1. The summed E-state index contributed by atoms with van der Waals surface area (Å²) in [6, 6.07) is 33.9. The standard InChI is InChI=1S/C19H22N2O4.C19H24N2O2.CH4O/c1-19(25-18-10-6-5-9-17(18)21(22)23)11-12-20(15-19)13-14-24-16-7-3-2-4-8-16;1-19(23-18-10-6-5-9-17(18)20)11-12-21(15-19)13-14-22-16-7-3-2-4-8-16;1-2/h2-10H,11-15H2,1H3;2-10H,11-15,20H2,1H3;2H,1H3. The Morgan fingerprint density at radius 1 is 0.680 bits per heavy atom. The van der Waals surface area contributed by atoms with Gasteiger partial charge in [0, 0.05) is 65.3 Å². The van der Waals surface area contributed by atoms with Crippen LogP contribution < -0.4 is 24.7 Å². The molecular weight excluding hydrogens is 636 g/mol. The highest BCUT2D eigenvalue weighted by Crippen LogP contribution is 2.34. The number of ether oxygens (including phenoxy) is 4. The van der Waals surface area contributed by atoms with Crippen LogP contribution in [0.15, 0.2) is 109 Å². The Morgan fingerprint density at radius 2 is 1.10 bits per heavy atom. The van der Waals surface area contributed by atoms with Crippen LogP contribution in [0.25, 0.3) is 0 Å². The Balaban J connectivity index is 0.000000215. The zero-order valence-corrected chi connectivity index (χ0v) is 29.3. The fourth-order valence-electron chi connectivity index (χ4n) is 6.02. The first kappa shape index (κ1) is 38.0. The number of rotatable bonds is 13. The van der Waals surface area contributed by atoms with Gasteiger partial charge < -0.3 is 29.8 Å². The molecule has 11 heteroatoms. The number of nitro benzene ring substituents is 1. The van der Waals surface area contributed by atoms with E-state index in [4.69, 9.17) is 29.8 Å². The summed E-state index contributed by atoms with van der Waals surface area (Å²) in [6.45, 7) is 10.6. The summed E-state index contributed by atoms with van der Waals surface area (Å²) < 4.78 is 23.7. The van der Waals surface area contributed by atoms with Gasteiger partial charge in [-0.3, -0.25) is 19.9 Å². The molecule has 2 heterocycles. The number of likely N-dealkylation sites (tertiary alicyclic amines) is 2. The average Bonchev–Trinajstić information content (AvgIpc) is 3.69. The van der Waals surface area contributed by atoms with Crippen LogP contribution in [0, 0.1) is 10.1 Å². The van der Waals surface area contributed by atoms with Crippen LogP contribution in [0.2, 0.25) is 0 Å².